The molecular weight excluding hydrogens is 477 g/mol. The zero-order valence-corrected chi connectivity index (χ0v) is 18.4. The first-order valence-corrected chi connectivity index (χ1v) is 9.04. The normalized spacial score (nSPS) is 16.3. The summed E-state index contributed by atoms with van der Waals surface area (Å²) in [5, 5.41) is 3.62. The maximum absolute atomic E-state index is 6.15. The Labute approximate surface area is 182 Å². The summed E-state index contributed by atoms with van der Waals surface area (Å²) < 4.78 is 10.7. The molecule has 2 aromatic rings. The van der Waals surface area contributed by atoms with E-state index >= 15 is 0 Å². The van der Waals surface area contributed by atoms with Crippen LogP contribution < -0.4 is 15.8 Å². The van der Waals surface area contributed by atoms with E-state index in [1.54, 1.807) is 19.2 Å². The van der Waals surface area contributed by atoms with Crippen LogP contribution in [0.3, 0.4) is 0 Å². The Morgan fingerprint density at radius 1 is 1.22 bits per heavy atom. The van der Waals surface area contributed by atoms with Gasteiger partial charge in [-0.15, -0.1) is 24.0 Å². The predicted molar refractivity (Wildman–Crippen MR) is 122 cm³/mol. The Hall–Kier alpha value is -1.51. The molecule has 3 rings (SSSR count). The Morgan fingerprint density at radius 2 is 1.93 bits per heavy atom. The predicted octanol–water partition coefficient (Wildman–Crippen LogP) is 4.44. The van der Waals surface area contributed by atoms with Crippen LogP contribution >= 0.6 is 35.6 Å². The maximum Gasteiger partial charge on any atom is 0.193 e. The average molecular weight is 502 g/mol. The van der Waals surface area contributed by atoms with Gasteiger partial charge in [0.2, 0.25) is 0 Å². The van der Waals surface area contributed by atoms with Crippen LogP contribution in [0.1, 0.15) is 18.4 Å². The van der Waals surface area contributed by atoms with Crippen LogP contribution in [0.25, 0.3) is 0 Å². The topological polar surface area (TPSA) is 68.9 Å². The summed E-state index contributed by atoms with van der Waals surface area (Å²) in [6.07, 6.45) is 1.87. The number of hydrogen-bond acceptors (Lipinski definition) is 3. The fourth-order valence-electron chi connectivity index (χ4n) is 3.26. The number of rotatable bonds is 5. The summed E-state index contributed by atoms with van der Waals surface area (Å²) >= 11 is 6.15. The van der Waals surface area contributed by atoms with Crippen LogP contribution in [0.2, 0.25) is 5.02 Å². The zero-order chi connectivity index (χ0) is 18.4. The van der Waals surface area contributed by atoms with Gasteiger partial charge >= 0.3 is 0 Å². The standard InChI is InChI=1S/C20H24ClN3O2.HI/c1-25-18-8-7-16(13-17(18)21)24-19(22)23-14-20(9-11-26-12-10-20)15-5-3-2-4-6-15;/h2-8,13H,9-12,14H2,1H3,(H3,22,23,24);1H. The van der Waals surface area contributed by atoms with Gasteiger partial charge < -0.3 is 20.5 Å². The van der Waals surface area contributed by atoms with Gasteiger partial charge in [0.1, 0.15) is 5.75 Å². The van der Waals surface area contributed by atoms with E-state index in [9.17, 15) is 0 Å². The summed E-state index contributed by atoms with van der Waals surface area (Å²) in [5.74, 6) is 0.992. The molecule has 0 saturated carbocycles. The number of nitrogens with zero attached hydrogens (tertiary/aromatic N) is 1. The highest BCUT2D eigenvalue weighted by molar-refractivity contribution is 14.0. The van der Waals surface area contributed by atoms with E-state index in [1.165, 1.54) is 5.56 Å². The first kappa shape index (κ1) is 21.8. The van der Waals surface area contributed by atoms with Gasteiger partial charge in [0.25, 0.3) is 0 Å². The van der Waals surface area contributed by atoms with Gasteiger partial charge in [-0.25, -0.2) is 0 Å². The Balaban J connectivity index is 0.00000261. The van der Waals surface area contributed by atoms with Crippen LogP contribution in [0.5, 0.6) is 5.75 Å². The molecule has 0 radical (unpaired) electrons. The van der Waals surface area contributed by atoms with Crippen molar-refractivity contribution in [2.24, 2.45) is 10.7 Å². The van der Waals surface area contributed by atoms with Crippen molar-refractivity contribution in [1.29, 1.82) is 0 Å². The van der Waals surface area contributed by atoms with Gasteiger partial charge in [0, 0.05) is 24.3 Å². The smallest absolute Gasteiger partial charge is 0.193 e. The lowest BCUT2D eigenvalue weighted by Crippen LogP contribution is -2.38. The second kappa shape index (κ2) is 10.1. The van der Waals surface area contributed by atoms with E-state index in [-0.39, 0.29) is 29.4 Å². The summed E-state index contributed by atoms with van der Waals surface area (Å²) in [4.78, 5) is 4.62. The van der Waals surface area contributed by atoms with Crippen molar-refractivity contribution in [2.45, 2.75) is 18.3 Å². The number of methoxy groups -OCH3 is 1. The fourth-order valence-corrected chi connectivity index (χ4v) is 3.52. The molecule has 0 atom stereocenters. The quantitative estimate of drug-likeness (QED) is 0.361. The van der Waals surface area contributed by atoms with Crippen LogP contribution in [-0.2, 0) is 10.2 Å². The van der Waals surface area contributed by atoms with E-state index in [2.05, 4.69) is 34.6 Å². The van der Waals surface area contributed by atoms with Crippen molar-refractivity contribution >= 4 is 47.2 Å². The zero-order valence-electron chi connectivity index (χ0n) is 15.3. The van der Waals surface area contributed by atoms with Gasteiger partial charge in [-0.05, 0) is 36.6 Å². The molecule has 1 saturated heterocycles. The van der Waals surface area contributed by atoms with Gasteiger partial charge in [-0.2, -0.15) is 0 Å². The van der Waals surface area contributed by atoms with E-state index < -0.39 is 0 Å². The largest absolute Gasteiger partial charge is 0.495 e. The second-order valence-electron chi connectivity index (χ2n) is 6.43. The van der Waals surface area contributed by atoms with Crippen molar-refractivity contribution in [3.8, 4) is 5.75 Å². The van der Waals surface area contributed by atoms with Gasteiger partial charge in [-0.1, -0.05) is 41.9 Å². The molecule has 3 N–H and O–H groups in total. The minimum atomic E-state index is -0.0383. The number of guanidine groups is 1. The Morgan fingerprint density at radius 3 is 2.56 bits per heavy atom. The van der Waals surface area contributed by atoms with Crippen molar-refractivity contribution in [1.82, 2.24) is 0 Å². The lowest BCUT2D eigenvalue weighted by molar-refractivity contribution is 0.0531. The molecule has 0 bridgehead atoms. The molecule has 27 heavy (non-hydrogen) atoms. The SMILES string of the molecule is COc1ccc(NC(N)=NCC2(c3ccccc3)CCOCC2)cc1Cl.I. The molecule has 0 aromatic heterocycles. The lowest BCUT2D eigenvalue weighted by Gasteiger charge is -2.36. The Bertz CT molecular complexity index is 765. The first-order valence-electron chi connectivity index (χ1n) is 8.67. The van der Waals surface area contributed by atoms with Crippen molar-refractivity contribution in [3.63, 3.8) is 0 Å². The van der Waals surface area contributed by atoms with E-state index in [4.69, 9.17) is 26.8 Å². The summed E-state index contributed by atoms with van der Waals surface area (Å²) in [6.45, 7) is 2.10. The number of nitrogens with one attached hydrogen (secondary N) is 1. The van der Waals surface area contributed by atoms with Crippen LogP contribution in [-0.4, -0.2) is 32.8 Å². The monoisotopic (exact) mass is 501 g/mol. The van der Waals surface area contributed by atoms with E-state index in [0.717, 1.165) is 31.7 Å². The molecule has 1 aliphatic rings. The van der Waals surface area contributed by atoms with Crippen molar-refractivity contribution in [3.05, 3.63) is 59.1 Å². The number of ether oxygens (including phenoxy) is 2. The van der Waals surface area contributed by atoms with Gasteiger partial charge in [0.05, 0.1) is 18.7 Å². The first-order chi connectivity index (χ1) is 12.6. The van der Waals surface area contributed by atoms with Crippen LogP contribution in [0.15, 0.2) is 53.5 Å². The summed E-state index contributed by atoms with van der Waals surface area (Å²) in [6, 6.07) is 15.9. The number of hydrogen-bond donors (Lipinski definition) is 2. The third-order valence-electron chi connectivity index (χ3n) is 4.81. The van der Waals surface area contributed by atoms with Gasteiger partial charge in [0.15, 0.2) is 5.96 Å². The molecule has 1 heterocycles. The minimum Gasteiger partial charge on any atom is -0.495 e. The highest BCUT2D eigenvalue weighted by Gasteiger charge is 2.34. The third-order valence-corrected chi connectivity index (χ3v) is 5.11. The molecule has 0 unspecified atom stereocenters. The number of nitrogens with two attached hydrogens (primary N) is 1. The molecule has 2 aromatic carbocycles. The van der Waals surface area contributed by atoms with Crippen LogP contribution in [0, 0.1) is 0 Å². The molecule has 1 fully saturated rings. The average Bonchev–Trinajstić information content (AvgIpc) is 2.68. The number of anilines is 1. The third kappa shape index (κ3) is 5.49. The van der Waals surface area contributed by atoms with Crippen LogP contribution in [0.4, 0.5) is 5.69 Å². The fraction of sp³-hybridized carbons (Fsp3) is 0.350. The van der Waals surface area contributed by atoms with Gasteiger partial charge in [-0.3, -0.25) is 4.99 Å². The molecule has 0 amide bonds. The second-order valence-corrected chi connectivity index (χ2v) is 6.84. The van der Waals surface area contributed by atoms with E-state index in [0.29, 0.717) is 23.3 Å². The highest BCUT2D eigenvalue weighted by atomic mass is 127. The molecule has 0 spiro atoms. The molecule has 146 valence electrons. The minimum absolute atomic E-state index is 0. The summed E-state index contributed by atoms with van der Waals surface area (Å²) in [7, 11) is 1.58. The van der Waals surface area contributed by atoms with Crippen molar-refractivity contribution < 1.29 is 9.47 Å². The Kier molecular flexibility index (Phi) is 8.19. The molecule has 0 aliphatic carbocycles. The molecule has 7 heteroatoms. The lowest BCUT2D eigenvalue weighted by atomic mass is 9.74. The number of benzene rings is 2. The van der Waals surface area contributed by atoms with E-state index in [1.807, 2.05) is 12.1 Å². The maximum atomic E-state index is 6.15. The van der Waals surface area contributed by atoms with Crippen molar-refractivity contribution in [2.75, 3.05) is 32.2 Å². The highest BCUT2D eigenvalue weighted by Crippen LogP contribution is 2.35. The molecular formula is C20H25ClIN3O2. The molecule has 5 nitrogen and oxygen atoms in total. The number of halogens is 2. The summed E-state index contributed by atoms with van der Waals surface area (Å²) in [5.41, 5.74) is 8.14. The number of aliphatic imine (C=N–C) groups is 1. The molecule has 1 aliphatic heterocycles.